The highest BCUT2D eigenvalue weighted by molar-refractivity contribution is 7.98. The smallest absolute Gasteiger partial charge is 0.223 e. The topological polar surface area (TPSA) is 42.4 Å². The summed E-state index contributed by atoms with van der Waals surface area (Å²) >= 11 is 1.75. The van der Waals surface area contributed by atoms with Gasteiger partial charge in [0.25, 0.3) is 0 Å². The number of carbonyl (C=O) groups is 1. The van der Waals surface area contributed by atoms with Crippen LogP contribution < -0.4 is 0 Å². The molecule has 5 heteroatoms. The Morgan fingerprint density at radius 1 is 1.21 bits per heavy atom. The summed E-state index contributed by atoms with van der Waals surface area (Å²) in [5.74, 6) is 1.89. The largest absolute Gasteiger partial charge is 0.370 e. The molecule has 2 aromatic rings. The van der Waals surface area contributed by atoms with Gasteiger partial charge in [0.05, 0.1) is 18.8 Å². The SMILES string of the molecule is O=C(CCSCc1ccccn1)N1CCO[C@@H](c2ccccc2)C1. The fourth-order valence-electron chi connectivity index (χ4n) is 2.72. The zero-order chi connectivity index (χ0) is 16.6. The van der Waals surface area contributed by atoms with E-state index in [2.05, 4.69) is 17.1 Å². The predicted molar refractivity (Wildman–Crippen MR) is 96.7 cm³/mol. The molecule has 0 unspecified atom stereocenters. The Balaban J connectivity index is 1.43. The predicted octanol–water partition coefficient (Wildman–Crippen LogP) is 3.31. The van der Waals surface area contributed by atoms with Crippen LogP contribution in [0.5, 0.6) is 0 Å². The first-order valence-electron chi connectivity index (χ1n) is 8.25. The Morgan fingerprint density at radius 3 is 2.83 bits per heavy atom. The van der Waals surface area contributed by atoms with Crippen molar-refractivity contribution < 1.29 is 9.53 Å². The number of ether oxygens (including phenoxy) is 1. The van der Waals surface area contributed by atoms with Crippen LogP contribution in [-0.2, 0) is 15.3 Å². The van der Waals surface area contributed by atoms with Gasteiger partial charge in [0.1, 0.15) is 6.10 Å². The van der Waals surface area contributed by atoms with E-state index in [-0.39, 0.29) is 12.0 Å². The molecule has 0 radical (unpaired) electrons. The second-order valence-electron chi connectivity index (χ2n) is 5.73. The molecule has 3 rings (SSSR count). The summed E-state index contributed by atoms with van der Waals surface area (Å²) in [6.07, 6.45) is 2.36. The highest BCUT2D eigenvalue weighted by Gasteiger charge is 2.24. The van der Waals surface area contributed by atoms with Crippen LogP contribution in [0.15, 0.2) is 54.7 Å². The minimum Gasteiger partial charge on any atom is -0.370 e. The van der Waals surface area contributed by atoms with Gasteiger partial charge in [-0.25, -0.2) is 0 Å². The lowest BCUT2D eigenvalue weighted by molar-refractivity contribution is -0.138. The fraction of sp³-hybridized carbons (Fsp3) is 0.368. The van der Waals surface area contributed by atoms with Crippen LogP contribution in [0.4, 0.5) is 0 Å². The van der Waals surface area contributed by atoms with E-state index >= 15 is 0 Å². The van der Waals surface area contributed by atoms with E-state index < -0.39 is 0 Å². The number of hydrogen-bond acceptors (Lipinski definition) is 4. The molecule has 0 saturated carbocycles. The summed E-state index contributed by atoms with van der Waals surface area (Å²) in [5, 5.41) is 0. The standard InChI is InChI=1S/C19H22N2O2S/c22-19(9-13-24-15-17-8-4-5-10-20-17)21-11-12-23-18(14-21)16-6-2-1-3-7-16/h1-8,10,18H,9,11-15H2/t18-/m1/s1. The lowest BCUT2D eigenvalue weighted by atomic mass is 10.1. The third-order valence-electron chi connectivity index (χ3n) is 4.03. The average Bonchev–Trinajstić information content (AvgIpc) is 2.67. The summed E-state index contributed by atoms with van der Waals surface area (Å²) in [6.45, 7) is 1.94. The zero-order valence-electron chi connectivity index (χ0n) is 13.6. The van der Waals surface area contributed by atoms with Gasteiger partial charge in [-0.05, 0) is 17.7 Å². The highest BCUT2D eigenvalue weighted by atomic mass is 32.2. The van der Waals surface area contributed by atoms with Crippen molar-refractivity contribution in [1.82, 2.24) is 9.88 Å². The van der Waals surface area contributed by atoms with Crippen molar-refractivity contribution in [2.24, 2.45) is 0 Å². The Morgan fingerprint density at radius 2 is 2.04 bits per heavy atom. The van der Waals surface area contributed by atoms with Crippen molar-refractivity contribution in [3.8, 4) is 0 Å². The van der Waals surface area contributed by atoms with Gasteiger partial charge >= 0.3 is 0 Å². The molecule has 0 spiro atoms. The second-order valence-corrected chi connectivity index (χ2v) is 6.84. The van der Waals surface area contributed by atoms with Crippen LogP contribution in [0.25, 0.3) is 0 Å². The van der Waals surface area contributed by atoms with E-state index in [4.69, 9.17) is 4.74 Å². The molecule has 126 valence electrons. The third kappa shape index (κ3) is 4.82. The summed E-state index contributed by atoms with van der Waals surface area (Å²) in [7, 11) is 0. The molecule has 1 aliphatic heterocycles. The number of morpholine rings is 1. The van der Waals surface area contributed by atoms with Crippen molar-refractivity contribution in [1.29, 1.82) is 0 Å². The Bertz CT molecular complexity index is 636. The Kier molecular flexibility index (Phi) is 6.26. The monoisotopic (exact) mass is 342 g/mol. The zero-order valence-corrected chi connectivity index (χ0v) is 14.5. The van der Waals surface area contributed by atoms with E-state index in [0.29, 0.717) is 26.1 Å². The molecule has 2 heterocycles. The molecule has 1 amide bonds. The molecule has 24 heavy (non-hydrogen) atoms. The third-order valence-corrected chi connectivity index (χ3v) is 5.02. The summed E-state index contributed by atoms with van der Waals surface area (Å²) in [6, 6.07) is 16.0. The van der Waals surface area contributed by atoms with E-state index in [0.717, 1.165) is 22.8 Å². The van der Waals surface area contributed by atoms with E-state index in [1.807, 2.05) is 41.3 Å². The summed E-state index contributed by atoms with van der Waals surface area (Å²) in [5.41, 5.74) is 2.20. The molecule has 1 fully saturated rings. The highest BCUT2D eigenvalue weighted by Crippen LogP contribution is 2.22. The van der Waals surface area contributed by atoms with Gasteiger partial charge in [-0.3, -0.25) is 9.78 Å². The van der Waals surface area contributed by atoms with Crippen molar-refractivity contribution >= 4 is 17.7 Å². The molecule has 1 saturated heterocycles. The number of pyridine rings is 1. The molecule has 1 aromatic carbocycles. The molecule has 0 bridgehead atoms. The lowest BCUT2D eigenvalue weighted by Crippen LogP contribution is -2.42. The van der Waals surface area contributed by atoms with Crippen molar-refractivity contribution in [2.75, 3.05) is 25.4 Å². The minimum atomic E-state index is -0.00919. The van der Waals surface area contributed by atoms with Crippen LogP contribution >= 0.6 is 11.8 Å². The van der Waals surface area contributed by atoms with Crippen LogP contribution in [0, 0.1) is 0 Å². The molecular weight excluding hydrogens is 320 g/mol. The maximum absolute atomic E-state index is 12.4. The molecule has 0 N–H and O–H groups in total. The number of amides is 1. The fourth-order valence-corrected chi connectivity index (χ4v) is 3.57. The van der Waals surface area contributed by atoms with E-state index in [9.17, 15) is 4.79 Å². The van der Waals surface area contributed by atoms with Gasteiger partial charge in [-0.15, -0.1) is 0 Å². The number of aromatic nitrogens is 1. The van der Waals surface area contributed by atoms with Crippen LogP contribution in [0.1, 0.15) is 23.8 Å². The molecule has 1 aromatic heterocycles. The van der Waals surface area contributed by atoms with Crippen molar-refractivity contribution in [3.63, 3.8) is 0 Å². The molecule has 0 aliphatic carbocycles. The van der Waals surface area contributed by atoms with Gasteiger partial charge in [0, 0.05) is 30.7 Å². The quantitative estimate of drug-likeness (QED) is 0.756. The van der Waals surface area contributed by atoms with Gasteiger partial charge in [-0.2, -0.15) is 11.8 Å². The average molecular weight is 342 g/mol. The van der Waals surface area contributed by atoms with Crippen LogP contribution in [0.2, 0.25) is 0 Å². The maximum Gasteiger partial charge on any atom is 0.223 e. The number of thioether (sulfide) groups is 1. The molecule has 4 nitrogen and oxygen atoms in total. The van der Waals surface area contributed by atoms with Crippen molar-refractivity contribution in [3.05, 3.63) is 66.0 Å². The minimum absolute atomic E-state index is 0.00919. The van der Waals surface area contributed by atoms with Gasteiger partial charge in [0.15, 0.2) is 0 Å². The maximum atomic E-state index is 12.4. The van der Waals surface area contributed by atoms with Gasteiger partial charge < -0.3 is 9.64 Å². The Hall–Kier alpha value is -1.85. The number of rotatable bonds is 6. The lowest BCUT2D eigenvalue weighted by Gasteiger charge is -2.33. The van der Waals surface area contributed by atoms with Gasteiger partial charge in [0.2, 0.25) is 5.91 Å². The van der Waals surface area contributed by atoms with Crippen LogP contribution in [-0.4, -0.2) is 41.2 Å². The van der Waals surface area contributed by atoms with E-state index in [1.54, 1.807) is 18.0 Å². The molecule has 1 atom stereocenters. The van der Waals surface area contributed by atoms with Crippen LogP contribution in [0.3, 0.4) is 0 Å². The summed E-state index contributed by atoms with van der Waals surface area (Å²) < 4.78 is 5.82. The first-order valence-corrected chi connectivity index (χ1v) is 9.40. The number of nitrogens with zero attached hydrogens (tertiary/aromatic N) is 2. The van der Waals surface area contributed by atoms with E-state index in [1.165, 1.54) is 0 Å². The second kappa shape index (κ2) is 8.85. The number of hydrogen-bond donors (Lipinski definition) is 0. The number of carbonyl (C=O) groups excluding carboxylic acids is 1. The number of benzene rings is 1. The molecule has 1 aliphatic rings. The first-order chi connectivity index (χ1) is 11.8. The van der Waals surface area contributed by atoms with Crippen molar-refractivity contribution in [2.45, 2.75) is 18.3 Å². The van der Waals surface area contributed by atoms with Gasteiger partial charge in [-0.1, -0.05) is 36.4 Å². The Labute approximate surface area is 147 Å². The normalized spacial score (nSPS) is 17.7. The first kappa shape index (κ1) is 17.0. The molecular formula is C19H22N2O2S. The summed E-state index contributed by atoms with van der Waals surface area (Å²) in [4.78, 5) is 18.7.